The molecule has 0 saturated carbocycles. The van der Waals surface area contributed by atoms with Crippen molar-refractivity contribution in [2.75, 3.05) is 0 Å². The number of rotatable bonds is 1. The summed E-state index contributed by atoms with van der Waals surface area (Å²) in [5.74, 6) is -2.59. The molecule has 0 saturated heterocycles. The third-order valence-corrected chi connectivity index (χ3v) is 1.22. The summed E-state index contributed by atoms with van der Waals surface area (Å²) in [5.41, 5.74) is -0.576. The van der Waals surface area contributed by atoms with Crippen LogP contribution in [-0.4, -0.2) is 16.2 Å². The first-order valence-electron chi connectivity index (χ1n) is 2.85. The van der Waals surface area contributed by atoms with E-state index in [9.17, 15) is 9.90 Å². The van der Waals surface area contributed by atoms with Crippen molar-refractivity contribution >= 4 is 5.97 Å². The zero-order chi connectivity index (χ0) is 8.43. The number of hydrogen-bond acceptors (Lipinski definition) is 4. The molecule has 1 aromatic rings. The summed E-state index contributed by atoms with van der Waals surface area (Å²) in [5, 5.41) is 28.0. The third kappa shape index (κ3) is 2.46. The first-order chi connectivity index (χ1) is 5.13. The number of aromatic hydroxyl groups is 2. The molecule has 0 unspecified atom stereocenters. The van der Waals surface area contributed by atoms with Gasteiger partial charge in [-0.2, -0.15) is 0 Å². The Balaban J connectivity index is 0.00000121. The number of carboxylic acids is 1. The quantitative estimate of drug-likeness (QED) is 0.452. The summed E-state index contributed by atoms with van der Waals surface area (Å²) in [6.45, 7) is 0. The number of phenols is 2. The first kappa shape index (κ1) is 11.9. The van der Waals surface area contributed by atoms with Crippen molar-refractivity contribution in [2.24, 2.45) is 0 Å². The molecule has 0 aliphatic rings. The number of aromatic carboxylic acids is 1. The maximum Gasteiger partial charge on any atom is 1.00 e. The maximum atomic E-state index is 10.2. The average Bonchev–Trinajstić information content (AvgIpc) is 1.85. The molecular weight excluding hydrogens is 187 g/mol. The molecule has 2 N–H and O–H groups in total. The van der Waals surface area contributed by atoms with Crippen molar-refractivity contribution in [3.63, 3.8) is 0 Å². The summed E-state index contributed by atoms with van der Waals surface area (Å²) in [4.78, 5) is 10.2. The van der Waals surface area contributed by atoms with Gasteiger partial charge < -0.3 is 20.1 Å². The Hall–Kier alpha value is -0.0736. The summed E-state index contributed by atoms with van der Waals surface area (Å²) < 4.78 is 0. The summed E-state index contributed by atoms with van der Waals surface area (Å²) in [7, 11) is 0. The number of carbonyl (C=O) groups is 1. The van der Waals surface area contributed by atoms with Crippen molar-refractivity contribution < 1.29 is 71.5 Å². The van der Waals surface area contributed by atoms with Crippen molar-refractivity contribution in [3.8, 4) is 11.5 Å². The minimum atomic E-state index is -1.60. The van der Waals surface area contributed by atoms with Crippen LogP contribution in [0.1, 0.15) is 10.4 Å². The van der Waals surface area contributed by atoms with Gasteiger partial charge in [-0.15, -0.1) is 0 Å². The van der Waals surface area contributed by atoms with Crippen molar-refractivity contribution in [1.29, 1.82) is 0 Å². The summed E-state index contributed by atoms with van der Waals surface area (Å²) in [6.07, 6.45) is 0. The van der Waals surface area contributed by atoms with Crippen LogP contribution in [0.3, 0.4) is 0 Å². The van der Waals surface area contributed by atoms with Gasteiger partial charge in [0, 0.05) is 0 Å². The zero-order valence-corrected chi connectivity index (χ0v) is 9.57. The van der Waals surface area contributed by atoms with Crippen LogP contribution >= 0.6 is 0 Å². The Morgan fingerprint density at radius 3 is 1.92 bits per heavy atom. The van der Waals surface area contributed by atoms with Gasteiger partial charge in [-0.25, -0.2) is 0 Å². The van der Waals surface area contributed by atoms with Gasteiger partial charge in [0.15, 0.2) is 0 Å². The van der Waals surface area contributed by atoms with Gasteiger partial charge in [0.2, 0.25) is 0 Å². The van der Waals surface area contributed by atoms with Crippen LogP contribution in [0.5, 0.6) is 11.5 Å². The Morgan fingerprint density at radius 2 is 1.67 bits per heavy atom. The van der Waals surface area contributed by atoms with E-state index in [0.717, 1.165) is 12.1 Å². The predicted molar refractivity (Wildman–Crippen MR) is 34.1 cm³/mol. The molecule has 0 aliphatic heterocycles. The van der Waals surface area contributed by atoms with Gasteiger partial charge >= 0.3 is 51.4 Å². The molecule has 4 nitrogen and oxygen atoms in total. The second-order valence-corrected chi connectivity index (χ2v) is 1.96. The monoisotopic (exact) mass is 192 g/mol. The molecule has 0 spiro atoms. The number of carboxylic acid groups (broad SMARTS) is 1. The molecule has 1 rings (SSSR count). The molecule has 0 aromatic heterocycles. The summed E-state index contributed by atoms with van der Waals surface area (Å²) in [6, 6.07) is 3.65. The van der Waals surface area contributed by atoms with Crippen LogP contribution in [0.15, 0.2) is 18.2 Å². The number of benzene rings is 1. The van der Waals surface area contributed by atoms with Crippen molar-refractivity contribution in [3.05, 3.63) is 23.8 Å². The third-order valence-electron chi connectivity index (χ3n) is 1.22. The fourth-order valence-corrected chi connectivity index (χ4v) is 0.737. The normalized spacial score (nSPS) is 8.67. The van der Waals surface area contributed by atoms with E-state index in [1.165, 1.54) is 6.07 Å². The van der Waals surface area contributed by atoms with E-state index in [-0.39, 0.29) is 51.4 Å². The van der Waals surface area contributed by atoms with Gasteiger partial charge in [0.1, 0.15) is 11.5 Å². The van der Waals surface area contributed by atoms with Gasteiger partial charge in [-0.1, -0.05) is 6.07 Å². The second-order valence-electron chi connectivity index (χ2n) is 1.96. The fraction of sp³-hybridized carbons (Fsp3) is 0. The summed E-state index contributed by atoms with van der Waals surface area (Å²) >= 11 is 0. The molecule has 0 bridgehead atoms. The molecule has 0 aliphatic carbocycles. The van der Waals surface area contributed by atoms with E-state index in [4.69, 9.17) is 10.2 Å². The largest absolute Gasteiger partial charge is 1.00 e. The Bertz CT molecular complexity index is 277. The van der Waals surface area contributed by atoms with E-state index >= 15 is 0 Å². The Labute approximate surface area is 111 Å². The molecule has 0 radical (unpaired) electrons. The van der Waals surface area contributed by atoms with Crippen LogP contribution in [0, 0.1) is 0 Å². The molecule has 5 heteroatoms. The molecule has 0 heterocycles. The van der Waals surface area contributed by atoms with Gasteiger partial charge in [0.25, 0.3) is 0 Å². The Morgan fingerprint density at radius 1 is 1.25 bits per heavy atom. The molecular formula is C7H5KO4. The van der Waals surface area contributed by atoms with Crippen LogP contribution in [-0.2, 0) is 0 Å². The van der Waals surface area contributed by atoms with Crippen LogP contribution < -0.4 is 56.5 Å². The minimum Gasteiger partial charge on any atom is -0.545 e. The van der Waals surface area contributed by atoms with E-state index < -0.39 is 23.0 Å². The standard InChI is InChI=1S/C7H6O4.K/c8-4-2-1-3-5(9)6(4)7(10)11;/h1-3,8-9H,(H,10,11);/q;+1/p-1. The van der Waals surface area contributed by atoms with E-state index in [1.54, 1.807) is 0 Å². The Kier molecular flexibility index (Phi) is 4.80. The molecule has 0 fully saturated rings. The average molecular weight is 192 g/mol. The molecule has 0 atom stereocenters. The maximum absolute atomic E-state index is 10.2. The van der Waals surface area contributed by atoms with Crippen molar-refractivity contribution in [1.82, 2.24) is 0 Å². The van der Waals surface area contributed by atoms with E-state index in [2.05, 4.69) is 0 Å². The van der Waals surface area contributed by atoms with Crippen molar-refractivity contribution in [2.45, 2.75) is 0 Å². The topological polar surface area (TPSA) is 80.6 Å². The fourth-order valence-electron chi connectivity index (χ4n) is 0.737. The van der Waals surface area contributed by atoms with Gasteiger partial charge in [0.05, 0.1) is 11.5 Å². The van der Waals surface area contributed by atoms with Crippen LogP contribution in [0.25, 0.3) is 0 Å². The van der Waals surface area contributed by atoms with Crippen LogP contribution in [0.2, 0.25) is 0 Å². The minimum absolute atomic E-state index is 0. The smallest absolute Gasteiger partial charge is 0.545 e. The number of hydrogen-bond donors (Lipinski definition) is 2. The predicted octanol–water partition coefficient (Wildman–Crippen LogP) is -3.53. The second kappa shape index (κ2) is 4.83. The van der Waals surface area contributed by atoms with Crippen LogP contribution in [0.4, 0.5) is 0 Å². The number of carbonyl (C=O) groups excluding carboxylic acids is 1. The molecule has 0 amide bonds. The molecule has 1 aromatic carbocycles. The zero-order valence-electron chi connectivity index (χ0n) is 6.44. The van der Waals surface area contributed by atoms with Gasteiger partial charge in [-0.05, 0) is 12.1 Å². The van der Waals surface area contributed by atoms with E-state index in [1.807, 2.05) is 0 Å². The van der Waals surface area contributed by atoms with Gasteiger partial charge in [-0.3, -0.25) is 0 Å². The SMILES string of the molecule is O=C([O-])c1c(O)cccc1O.[K+]. The molecule has 58 valence electrons. The first-order valence-corrected chi connectivity index (χ1v) is 2.85. The molecule has 12 heavy (non-hydrogen) atoms. The van der Waals surface area contributed by atoms with E-state index in [0.29, 0.717) is 0 Å².